The Morgan fingerprint density at radius 1 is 0.833 bits per heavy atom. The van der Waals surface area contributed by atoms with E-state index in [1.165, 1.54) is 11.1 Å². The Labute approximate surface area is 109 Å². The molecule has 2 N–H and O–H groups in total. The first-order valence-corrected chi connectivity index (χ1v) is 6.38. The molecule has 2 aromatic carbocycles. The lowest BCUT2D eigenvalue weighted by Gasteiger charge is -2.35. The summed E-state index contributed by atoms with van der Waals surface area (Å²) in [4.78, 5) is 0. The second kappa shape index (κ2) is 5.80. The van der Waals surface area contributed by atoms with Crippen LogP contribution in [-0.2, 0) is 5.66 Å². The van der Waals surface area contributed by atoms with E-state index >= 15 is 0 Å². The van der Waals surface area contributed by atoms with Gasteiger partial charge in [0.1, 0.15) is 5.66 Å². The summed E-state index contributed by atoms with van der Waals surface area (Å²) >= 11 is 0. The summed E-state index contributed by atoms with van der Waals surface area (Å²) in [5.41, 5.74) is 2.12. The molecule has 0 aromatic heterocycles. The first kappa shape index (κ1) is 12.8. The van der Waals surface area contributed by atoms with Gasteiger partial charge in [-0.25, -0.2) is 0 Å². The van der Waals surface area contributed by atoms with Gasteiger partial charge in [-0.2, -0.15) is 0 Å². The maximum Gasteiger partial charge on any atom is 0.121 e. The van der Waals surface area contributed by atoms with Crippen LogP contribution < -0.4 is 10.6 Å². The quantitative estimate of drug-likeness (QED) is 0.785. The second-order valence-electron chi connectivity index (χ2n) is 4.26. The van der Waals surface area contributed by atoms with E-state index in [4.69, 9.17) is 0 Å². The Bertz CT molecular complexity index is 425. The molecule has 0 atom stereocenters. The van der Waals surface area contributed by atoms with Crippen LogP contribution in [0, 0.1) is 0 Å². The molecule has 0 heterocycles. The zero-order valence-corrected chi connectivity index (χ0v) is 11.0. The van der Waals surface area contributed by atoms with Crippen molar-refractivity contribution in [2.45, 2.75) is 12.6 Å². The van der Waals surface area contributed by atoms with Crippen molar-refractivity contribution in [2.24, 2.45) is 0 Å². The Hall–Kier alpha value is -1.64. The molecule has 0 aliphatic rings. The van der Waals surface area contributed by atoms with Crippen LogP contribution in [0.1, 0.15) is 18.1 Å². The van der Waals surface area contributed by atoms with Gasteiger partial charge in [0.05, 0.1) is 0 Å². The fraction of sp³-hybridized carbons (Fsp3) is 0.250. The average Bonchev–Trinajstić information content (AvgIpc) is 2.47. The molecule has 0 spiro atoms. The normalized spacial score (nSPS) is 11.4. The average molecular weight is 240 g/mol. The monoisotopic (exact) mass is 240 g/mol. The molecule has 94 valence electrons. The number of benzene rings is 2. The second-order valence-corrected chi connectivity index (χ2v) is 4.26. The molecule has 0 aliphatic heterocycles. The van der Waals surface area contributed by atoms with Gasteiger partial charge in [-0.15, -0.1) is 0 Å². The largest absolute Gasteiger partial charge is 0.295 e. The van der Waals surface area contributed by atoms with E-state index in [2.05, 4.69) is 66.1 Å². The van der Waals surface area contributed by atoms with E-state index in [0.717, 1.165) is 6.54 Å². The highest BCUT2D eigenvalue weighted by atomic mass is 15.2. The van der Waals surface area contributed by atoms with Gasteiger partial charge in [0, 0.05) is 0 Å². The zero-order chi connectivity index (χ0) is 12.8. The third-order valence-corrected chi connectivity index (χ3v) is 3.23. The molecule has 0 unspecified atom stereocenters. The molecule has 2 nitrogen and oxygen atoms in total. The summed E-state index contributed by atoms with van der Waals surface area (Å²) in [6.07, 6.45) is 0. The number of hydrogen-bond donors (Lipinski definition) is 2. The van der Waals surface area contributed by atoms with Gasteiger partial charge in [-0.1, -0.05) is 67.6 Å². The summed E-state index contributed by atoms with van der Waals surface area (Å²) in [5, 5.41) is 7.01. The molecule has 0 bridgehead atoms. The highest BCUT2D eigenvalue weighted by molar-refractivity contribution is 5.37. The first-order valence-electron chi connectivity index (χ1n) is 6.38. The van der Waals surface area contributed by atoms with Crippen molar-refractivity contribution in [3.8, 4) is 0 Å². The van der Waals surface area contributed by atoms with E-state index < -0.39 is 0 Å². The van der Waals surface area contributed by atoms with Gasteiger partial charge in [-0.05, 0) is 24.7 Å². The summed E-state index contributed by atoms with van der Waals surface area (Å²) in [5.74, 6) is 0. The molecular weight excluding hydrogens is 220 g/mol. The maximum absolute atomic E-state index is 3.57. The Balaban J connectivity index is 2.53. The van der Waals surface area contributed by atoms with Gasteiger partial charge in [-0.3, -0.25) is 10.6 Å². The van der Waals surface area contributed by atoms with Gasteiger partial charge in [0.15, 0.2) is 0 Å². The molecule has 0 saturated heterocycles. The predicted octanol–water partition coefficient (Wildman–Crippen LogP) is 2.72. The van der Waals surface area contributed by atoms with Crippen LogP contribution in [0.5, 0.6) is 0 Å². The lowest BCUT2D eigenvalue weighted by atomic mass is 9.91. The lowest BCUT2D eigenvalue weighted by Crippen LogP contribution is -2.53. The number of rotatable bonds is 5. The van der Waals surface area contributed by atoms with Crippen molar-refractivity contribution in [2.75, 3.05) is 13.6 Å². The summed E-state index contributed by atoms with van der Waals surface area (Å²) < 4.78 is 0. The number of nitrogens with one attached hydrogen (secondary N) is 2. The van der Waals surface area contributed by atoms with Gasteiger partial charge in [0.25, 0.3) is 0 Å². The van der Waals surface area contributed by atoms with Crippen molar-refractivity contribution in [3.63, 3.8) is 0 Å². The molecule has 2 rings (SSSR count). The van der Waals surface area contributed by atoms with Crippen molar-refractivity contribution >= 4 is 0 Å². The van der Waals surface area contributed by atoms with Crippen LogP contribution in [-0.4, -0.2) is 13.6 Å². The fourth-order valence-electron chi connectivity index (χ4n) is 2.39. The van der Waals surface area contributed by atoms with Crippen LogP contribution >= 0.6 is 0 Å². The van der Waals surface area contributed by atoms with Crippen LogP contribution in [0.4, 0.5) is 0 Å². The molecule has 0 saturated carbocycles. The summed E-state index contributed by atoms with van der Waals surface area (Å²) in [6.45, 7) is 3.02. The number of hydrogen-bond acceptors (Lipinski definition) is 2. The van der Waals surface area contributed by atoms with Gasteiger partial charge >= 0.3 is 0 Å². The van der Waals surface area contributed by atoms with E-state index in [0.29, 0.717) is 0 Å². The maximum atomic E-state index is 3.57. The standard InChI is InChI=1S/C16H20N2/c1-3-18-16(17-2,14-10-6-4-7-11-14)15-12-8-5-9-13-15/h4-13,17-18H,3H2,1-2H3. The zero-order valence-electron chi connectivity index (χ0n) is 11.0. The molecule has 18 heavy (non-hydrogen) atoms. The first-order chi connectivity index (χ1) is 8.83. The van der Waals surface area contributed by atoms with E-state index in [1.54, 1.807) is 0 Å². The van der Waals surface area contributed by atoms with Crippen LogP contribution in [0.2, 0.25) is 0 Å². The topological polar surface area (TPSA) is 24.1 Å². The Kier molecular flexibility index (Phi) is 4.13. The molecule has 0 amide bonds. The third-order valence-electron chi connectivity index (χ3n) is 3.23. The highest BCUT2D eigenvalue weighted by Crippen LogP contribution is 2.26. The smallest absolute Gasteiger partial charge is 0.121 e. The van der Waals surface area contributed by atoms with Crippen molar-refractivity contribution in [3.05, 3.63) is 71.8 Å². The minimum absolute atomic E-state index is 0.322. The Morgan fingerprint density at radius 3 is 1.61 bits per heavy atom. The Morgan fingerprint density at radius 2 is 1.28 bits per heavy atom. The SMILES string of the molecule is CCNC(NC)(c1ccccc1)c1ccccc1. The van der Waals surface area contributed by atoms with Crippen LogP contribution in [0.3, 0.4) is 0 Å². The van der Waals surface area contributed by atoms with Gasteiger partial charge < -0.3 is 0 Å². The van der Waals surface area contributed by atoms with E-state index in [1.807, 2.05) is 19.2 Å². The van der Waals surface area contributed by atoms with Crippen molar-refractivity contribution in [1.29, 1.82) is 0 Å². The fourth-order valence-corrected chi connectivity index (χ4v) is 2.39. The minimum atomic E-state index is -0.322. The predicted molar refractivity (Wildman–Crippen MR) is 76.4 cm³/mol. The van der Waals surface area contributed by atoms with E-state index in [9.17, 15) is 0 Å². The minimum Gasteiger partial charge on any atom is -0.295 e. The molecule has 2 heteroatoms. The van der Waals surface area contributed by atoms with Crippen molar-refractivity contribution < 1.29 is 0 Å². The van der Waals surface area contributed by atoms with Gasteiger partial charge in [0.2, 0.25) is 0 Å². The third kappa shape index (κ3) is 2.30. The lowest BCUT2D eigenvalue weighted by molar-refractivity contribution is 0.352. The molecule has 2 aromatic rings. The van der Waals surface area contributed by atoms with Crippen molar-refractivity contribution in [1.82, 2.24) is 10.6 Å². The van der Waals surface area contributed by atoms with Crippen LogP contribution in [0.25, 0.3) is 0 Å². The summed E-state index contributed by atoms with van der Waals surface area (Å²) in [6, 6.07) is 20.9. The van der Waals surface area contributed by atoms with E-state index in [-0.39, 0.29) is 5.66 Å². The molecule has 0 fully saturated rings. The highest BCUT2D eigenvalue weighted by Gasteiger charge is 2.30. The molecule has 0 radical (unpaired) electrons. The van der Waals surface area contributed by atoms with Crippen LogP contribution in [0.15, 0.2) is 60.7 Å². The molecular formula is C16H20N2. The summed E-state index contributed by atoms with van der Waals surface area (Å²) in [7, 11) is 1.99. The molecule has 0 aliphatic carbocycles.